The highest BCUT2D eigenvalue weighted by atomic mass is 32.5. The molecule has 1 aliphatic heterocycles. The number of nitrogens with zero attached hydrogens (tertiary/aromatic N) is 1. The molecule has 3 N–H and O–H groups in total. The standard InChI is InChI=1S/C14H18F5N3O4S/c1-22-7-14(8-22,26-2)11(13(24)21-25)20-12(23)9-3-5-10(6-4-9)27(15,16,17,18)19/h3-6,11,25H,7-8H2,1-2H3,(H,20,23)(H,21,24). The van der Waals surface area contributed by atoms with Gasteiger partial charge in [-0.05, 0) is 31.3 Å². The first-order valence-electron chi connectivity index (χ1n) is 7.44. The van der Waals surface area contributed by atoms with E-state index in [4.69, 9.17) is 9.94 Å². The minimum absolute atomic E-state index is 0.0980. The number of hydrogen-bond donors (Lipinski definition) is 3. The van der Waals surface area contributed by atoms with E-state index in [2.05, 4.69) is 5.32 Å². The molecule has 1 atom stereocenters. The van der Waals surface area contributed by atoms with Crippen molar-refractivity contribution in [2.75, 3.05) is 27.2 Å². The topological polar surface area (TPSA) is 90.9 Å². The fourth-order valence-electron chi connectivity index (χ4n) is 2.88. The number of rotatable bonds is 6. The van der Waals surface area contributed by atoms with Crippen molar-refractivity contribution < 1.29 is 39.0 Å². The highest BCUT2D eigenvalue weighted by Crippen LogP contribution is 3.02. The van der Waals surface area contributed by atoms with Gasteiger partial charge >= 0.3 is 10.2 Å². The molecular formula is C14H18F5N3O4S. The molecule has 0 aliphatic carbocycles. The van der Waals surface area contributed by atoms with Crippen LogP contribution in [0.4, 0.5) is 19.4 Å². The van der Waals surface area contributed by atoms with Crippen LogP contribution in [-0.4, -0.2) is 60.8 Å². The molecule has 1 heterocycles. The molecule has 7 nitrogen and oxygen atoms in total. The van der Waals surface area contributed by atoms with Gasteiger partial charge < -0.3 is 15.0 Å². The average molecular weight is 419 g/mol. The van der Waals surface area contributed by atoms with E-state index < -0.39 is 38.6 Å². The molecule has 1 unspecified atom stereocenters. The molecule has 13 heteroatoms. The average Bonchev–Trinajstić information content (AvgIpc) is 2.54. The summed E-state index contributed by atoms with van der Waals surface area (Å²) in [6.07, 6.45) is 0. The summed E-state index contributed by atoms with van der Waals surface area (Å²) in [4.78, 5) is 23.8. The van der Waals surface area contributed by atoms with Gasteiger partial charge in [0.2, 0.25) is 0 Å². The van der Waals surface area contributed by atoms with Crippen molar-refractivity contribution >= 4 is 22.0 Å². The predicted molar refractivity (Wildman–Crippen MR) is 86.3 cm³/mol. The van der Waals surface area contributed by atoms with Gasteiger partial charge in [-0.1, -0.05) is 19.4 Å². The minimum Gasteiger partial charge on any atom is -0.373 e. The molecule has 0 bridgehead atoms. The number of amides is 2. The second kappa shape index (κ2) is 6.02. The molecule has 0 saturated carbocycles. The number of ether oxygens (including phenoxy) is 1. The molecule has 154 valence electrons. The Kier molecular flexibility index (Phi) is 4.76. The van der Waals surface area contributed by atoms with Crippen LogP contribution in [0.3, 0.4) is 0 Å². The van der Waals surface area contributed by atoms with Crippen molar-refractivity contribution in [3.63, 3.8) is 0 Å². The monoisotopic (exact) mass is 419 g/mol. The van der Waals surface area contributed by atoms with E-state index in [0.29, 0.717) is 12.1 Å². The van der Waals surface area contributed by atoms with E-state index in [1.807, 2.05) is 0 Å². The summed E-state index contributed by atoms with van der Waals surface area (Å²) in [5, 5.41) is 11.1. The number of hydrogen-bond acceptors (Lipinski definition) is 5. The number of halogens is 5. The van der Waals surface area contributed by atoms with Gasteiger partial charge in [-0.3, -0.25) is 14.8 Å². The molecule has 1 fully saturated rings. The lowest BCUT2D eigenvalue weighted by molar-refractivity contribution is -0.160. The van der Waals surface area contributed by atoms with Gasteiger partial charge in [0.25, 0.3) is 11.8 Å². The lowest BCUT2D eigenvalue weighted by Gasteiger charge is -2.50. The first-order chi connectivity index (χ1) is 12.1. The molecule has 0 radical (unpaired) electrons. The normalized spacial score (nSPS) is 20.6. The van der Waals surface area contributed by atoms with Crippen molar-refractivity contribution in [1.29, 1.82) is 0 Å². The zero-order valence-corrected chi connectivity index (χ0v) is 15.0. The van der Waals surface area contributed by atoms with Crippen molar-refractivity contribution in [2.45, 2.75) is 16.5 Å². The number of benzene rings is 1. The first kappa shape index (κ1) is 21.3. The molecule has 1 aromatic rings. The van der Waals surface area contributed by atoms with Crippen LogP contribution in [0.1, 0.15) is 10.4 Å². The SMILES string of the molecule is COC1(C(NC(=O)c2ccc(S(F)(F)(F)(F)F)cc2)C(=O)NO)CN(C)C1. The third-order valence-electron chi connectivity index (χ3n) is 4.22. The van der Waals surface area contributed by atoms with Crippen molar-refractivity contribution in [3.8, 4) is 0 Å². The van der Waals surface area contributed by atoms with Gasteiger partial charge in [-0.25, -0.2) is 5.48 Å². The summed E-state index contributed by atoms with van der Waals surface area (Å²) in [7, 11) is -6.84. The van der Waals surface area contributed by atoms with E-state index in [1.54, 1.807) is 11.9 Å². The van der Waals surface area contributed by atoms with Crippen LogP contribution < -0.4 is 10.8 Å². The number of likely N-dealkylation sites (tertiary alicyclic amines) is 1. The fourth-order valence-corrected chi connectivity index (χ4v) is 3.53. The van der Waals surface area contributed by atoms with Gasteiger partial charge in [-0.15, -0.1) is 0 Å². The summed E-state index contributed by atoms with van der Waals surface area (Å²) >= 11 is 0. The number of likely N-dealkylation sites (N-methyl/N-ethyl adjacent to an activating group) is 1. The smallest absolute Gasteiger partial charge is 0.310 e. The number of carbonyl (C=O) groups is 2. The lowest BCUT2D eigenvalue weighted by atomic mass is 9.85. The number of carbonyl (C=O) groups excluding carboxylic acids is 2. The lowest BCUT2D eigenvalue weighted by Crippen LogP contribution is -2.74. The van der Waals surface area contributed by atoms with Gasteiger partial charge in [0.05, 0.1) is 0 Å². The third-order valence-corrected chi connectivity index (χ3v) is 5.38. The highest BCUT2D eigenvalue weighted by molar-refractivity contribution is 8.45. The maximum atomic E-state index is 12.7. The zero-order chi connectivity index (χ0) is 20.7. The molecular weight excluding hydrogens is 401 g/mol. The second-order valence-corrected chi connectivity index (χ2v) is 8.73. The number of nitrogens with one attached hydrogen (secondary N) is 2. The van der Waals surface area contributed by atoms with Crippen LogP contribution in [0.2, 0.25) is 0 Å². The Labute approximate surface area is 151 Å². The Morgan fingerprint density at radius 2 is 1.70 bits per heavy atom. The zero-order valence-electron chi connectivity index (χ0n) is 14.2. The molecule has 2 amide bonds. The molecule has 2 rings (SSSR count). The quantitative estimate of drug-likeness (QED) is 0.374. The van der Waals surface area contributed by atoms with Crippen LogP contribution in [0, 0.1) is 0 Å². The van der Waals surface area contributed by atoms with Gasteiger partial charge in [0, 0.05) is 25.8 Å². The highest BCUT2D eigenvalue weighted by Gasteiger charge is 2.65. The molecule has 0 aromatic heterocycles. The summed E-state index contributed by atoms with van der Waals surface area (Å²) < 4.78 is 68.9. The van der Waals surface area contributed by atoms with Gasteiger partial charge in [-0.2, -0.15) is 0 Å². The van der Waals surface area contributed by atoms with E-state index in [0.717, 1.165) is 0 Å². The Balaban J connectivity index is 2.25. The molecule has 1 aliphatic rings. The second-order valence-electron chi connectivity index (χ2n) is 6.32. The van der Waals surface area contributed by atoms with E-state index >= 15 is 0 Å². The van der Waals surface area contributed by atoms with Crippen LogP contribution >= 0.6 is 10.2 Å². The Morgan fingerprint density at radius 1 is 1.19 bits per heavy atom. The minimum atomic E-state index is -9.85. The molecule has 27 heavy (non-hydrogen) atoms. The third kappa shape index (κ3) is 4.48. The summed E-state index contributed by atoms with van der Waals surface area (Å²) in [6.45, 7) is 0.454. The van der Waals surface area contributed by atoms with E-state index in [-0.39, 0.29) is 30.8 Å². The van der Waals surface area contributed by atoms with E-state index in [1.165, 1.54) is 12.6 Å². The maximum Gasteiger partial charge on any atom is 0.310 e. The van der Waals surface area contributed by atoms with Crippen LogP contribution in [-0.2, 0) is 9.53 Å². The summed E-state index contributed by atoms with van der Waals surface area (Å²) in [5.41, 5.74) is -0.157. The Morgan fingerprint density at radius 3 is 2.07 bits per heavy atom. The van der Waals surface area contributed by atoms with Crippen LogP contribution in [0.25, 0.3) is 0 Å². The summed E-state index contributed by atoms with van der Waals surface area (Å²) in [5.74, 6) is -2.00. The van der Waals surface area contributed by atoms with Crippen LogP contribution in [0.5, 0.6) is 0 Å². The Hall–Kier alpha value is -1.96. The summed E-state index contributed by atoms with van der Waals surface area (Å²) in [6, 6.07) is -0.0284. The first-order valence-corrected chi connectivity index (χ1v) is 9.40. The molecule has 0 spiro atoms. The molecule has 1 saturated heterocycles. The van der Waals surface area contributed by atoms with Crippen molar-refractivity contribution in [2.24, 2.45) is 0 Å². The van der Waals surface area contributed by atoms with Crippen LogP contribution in [0.15, 0.2) is 29.2 Å². The van der Waals surface area contributed by atoms with Crippen molar-refractivity contribution in [3.05, 3.63) is 29.8 Å². The van der Waals surface area contributed by atoms with Crippen molar-refractivity contribution in [1.82, 2.24) is 15.7 Å². The fraction of sp³-hybridized carbons (Fsp3) is 0.429. The number of methoxy groups -OCH3 is 1. The van der Waals surface area contributed by atoms with Gasteiger partial charge in [0.15, 0.2) is 0 Å². The predicted octanol–water partition coefficient (Wildman–Crippen LogP) is 2.28. The number of hydroxylamine groups is 1. The van der Waals surface area contributed by atoms with E-state index in [9.17, 15) is 29.0 Å². The van der Waals surface area contributed by atoms with Gasteiger partial charge in [0.1, 0.15) is 16.5 Å². The Bertz CT molecular complexity index is 751. The maximum absolute atomic E-state index is 12.7. The molecule has 1 aromatic carbocycles. The largest absolute Gasteiger partial charge is 0.373 e.